The first-order valence-electron chi connectivity index (χ1n) is 38.7. The number of rotatable bonds is 71. The van der Waals surface area contributed by atoms with E-state index in [4.69, 9.17) is 9.47 Å². The molecule has 0 aliphatic carbocycles. The predicted molar refractivity (Wildman–Crippen MR) is 398 cm³/mol. The average molecular weight is 1250 g/mol. The summed E-state index contributed by atoms with van der Waals surface area (Å²) < 4.78 is 10.8. The number of hydrogen-bond donors (Lipinski definition) is 1. The highest BCUT2D eigenvalue weighted by atomic mass is 16.6. The van der Waals surface area contributed by atoms with Crippen molar-refractivity contribution in [2.45, 2.75) is 380 Å². The summed E-state index contributed by atoms with van der Waals surface area (Å²) in [6.45, 7) is 4.05. The Balaban J connectivity index is 3.47. The number of aliphatic hydroxyl groups is 1. The normalized spacial score (nSPS) is 13.0. The number of esters is 2. The third-order valence-electron chi connectivity index (χ3n) is 16.9. The Labute approximate surface area is 559 Å². The topological polar surface area (TPSA) is 72.8 Å². The lowest BCUT2D eigenvalue weighted by atomic mass is 10.0. The van der Waals surface area contributed by atoms with Crippen LogP contribution in [0.2, 0.25) is 0 Å². The maximum atomic E-state index is 12.4. The third kappa shape index (κ3) is 76.5. The van der Waals surface area contributed by atoms with Crippen molar-refractivity contribution in [1.82, 2.24) is 0 Å². The van der Waals surface area contributed by atoms with Crippen LogP contribution in [-0.4, -0.2) is 36.4 Å². The number of aliphatic hydroxyl groups excluding tert-OH is 1. The van der Waals surface area contributed by atoms with Gasteiger partial charge in [0, 0.05) is 12.8 Å². The summed E-state index contributed by atoms with van der Waals surface area (Å²) in [5.74, 6) is -0.580. The average Bonchev–Trinajstić information content (AvgIpc) is 3.60. The fourth-order valence-electron chi connectivity index (χ4n) is 11.2. The van der Waals surface area contributed by atoms with Crippen LogP contribution >= 0.6 is 0 Å². The van der Waals surface area contributed by atoms with Gasteiger partial charge in [0.1, 0.15) is 6.61 Å². The van der Waals surface area contributed by atoms with Crippen LogP contribution < -0.4 is 0 Å². The van der Waals surface area contributed by atoms with Gasteiger partial charge in [-0.1, -0.05) is 379 Å². The zero-order valence-electron chi connectivity index (χ0n) is 59.4. The van der Waals surface area contributed by atoms with Crippen LogP contribution in [0.15, 0.2) is 134 Å². The lowest BCUT2D eigenvalue weighted by Crippen LogP contribution is -2.28. The van der Waals surface area contributed by atoms with Gasteiger partial charge in [-0.05, 0) is 116 Å². The number of hydrogen-bond acceptors (Lipinski definition) is 5. The largest absolute Gasteiger partial charge is 0.462 e. The molecule has 0 radical (unpaired) electrons. The minimum atomic E-state index is -0.780. The SMILES string of the molecule is CC/C=C\C/C=C\C/C=C\C/C=C\C/C=C\C/C=C\C/C=C\C/C=C\C/C=C\CCCCCCCCCCCCCCCC(=O)OC(CO)COC(=O)CCCCCCCCCCCCCCCCCCCCCCCCC/C=C\C/C=C\CCCCCCC. The molecule has 0 fully saturated rings. The highest BCUT2D eigenvalue weighted by Gasteiger charge is 2.16. The Kier molecular flexibility index (Phi) is 75.8. The molecular weight excluding hydrogens is 1100 g/mol. The van der Waals surface area contributed by atoms with E-state index >= 15 is 0 Å². The molecule has 90 heavy (non-hydrogen) atoms. The Morgan fingerprint density at radius 3 is 0.722 bits per heavy atom. The molecule has 0 aliphatic rings. The molecule has 1 unspecified atom stereocenters. The van der Waals surface area contributed by atoms with E-state index in [1.54, 1.807) is 0 Å². The summed E-state index contributed by atoms with van der Waals surface area (Å²) in [4.78, 5) is 24.7. The molecule has 0 aromatic carbocycles. The van der Waals surface area contributed by atoms with E-state index in [0.717, 1.165) is 103 Å². The second-order valence-electron chi connectivity index (χ2n) is 25.7. The second kappa shape index (κ2) is 79.3. The number of unbranched alkanes of at least 4 members (excludes halogenated alkanes) is 41. The summed E-state index contributed by atoms with van der Waals surface area (Å²) in [6, 6.07) is 0. The van der Waals surface area contributed by atoms with E-state index in [9.17, 15) is 14.7 Å². The number of ether oxygens (including phenoxy) is 2. The van der Waals surface area contributed by atoms with Crippen LogP contribution in [-0.2, 0) is 19.1 Å². The lowest BCUT2D eigenvalue weighted by Gasteiger charge is -2.15. The fraction of sp³-hybridized carbons (Fsp3) is 0.718. The predicted octanol–water partition coefficient (Wildman–Crippen LogP) is 27.4. The minimum Gasteiger partial charge on any atom is -0.462 e. The summed E-state index contributed by atoms with van der Waals surface area (Å²) in [6.07, 6.45) is 118. The van der Waals surface area contributed by atoms with Crippen molar-refractivity contribution in [3.8, 4) is 0 Å². The molecule has 0 rings (SSSR count). The summed E-state index contributed by atoms with van der Waals surface area (Å²) >= 11 is 0. The van der Waals surface area contributed by atoms with E-state index in [0.29, 0.717) is 12.8 Å². The molecule has 0 saturated carbocycles. The highest BCUT2D eigenvalue weighted by Crippen LogP contribution is 2.18. The quantitative estimate of drug-likeness (QED) is 0.0373. The van der Waals surface area contributed by atoms with Gasteiger partial charge < -0.3 is 14.6 Å². The van der Waals surface area contributed by atoms with Crippen LogP contribution in [0.1, 0.15) is 373 Å². The van der Waals surface area contributed by atoms with Gasteiger partial charge in [0.05, 0.1) is 6.61 Å². The molecule has 1 atom stereocenters. The van der Waals surface area contributed by atoms with Crippen LogP contribution in [0.5, 0.6) is 0 Å². The molecule has 1 N–H and O–H groups in total. The van der Waals surface area contributed by atoms with Crippen molar-refractivity contribution in [2.24, 2.45) is 0 Å². The zero-order valence-corrected chi connectivity index (χ0v) is 59.4. The van der Waals surface area contributed by atoms with Crippen LogP contribution in [0.25, 0.3) is 0 Å². The standard InChI is InChI=1S/C85H146O5/c1-3-5-7-9-11-13-15-17-19-21-23-25-27-29-31-33-35-37-39-40-41-42-43-44-46-48-50-52-54-56-58-60-62-64-66-68-70-72-74-76-78-80-85(88)90-83(81-86)82-89-84(87)79-77-75-73-71-69-67-65-63-61-59-57-55-53-51-49-47-45-38-36-34-32-30-28-26-24-22-20-18-16-14-12-10-8-6-4-2/h5,7,11,13,16-19,22-25,29,31,35,37,40-41,43-44,48,50,83,86H,3-4,6,8-10,12,14-15,20-21,26-28,30,32-34,36,38-39,42,45-47,49,51-82H2,1-2H3/b7-5-,13-11-,18-16-,19-17-,24-22-,25-23-,31-29-,37-35-,41-40-,44-43-,50-48-. The van der Waals surface area contributed by atoms with E-state index in [1.807, 2.05) is 0 Å². The van der Waals surface area contributed by atoms with Crippen LogP contribution in [0.3, 0.4) is 0 Å². The molecule has 0 heterocycles. The fourth-order valence-corrected chi connectivity index (χ4v) is 11.2. The number of carbonyl (C=O) groups excluding carboxylic acids is 2. The van der Waals surface area contributed by atoms with E-state index < -0.39 is 6.10 Å². The van der Waals surface area contributed by atoms with Crippen molar-refractivity contribution in [1.29, 1.82) is 0 Å². The van der Waals surface area contributed by atoms with Crippen molar-refractivity contribution >= 4 is 11.9 Å². The maximum Gasteiger partial charge on any atom is 0.306 e. The van der Waals surface area contributed by atoms with E-state index in [1.165, 1.54) is 244 Å². The van der Waals surface area contributed by atoms with Gasteiger partial charge in [0.2, 0.25) is 0 Å². The molecule has 5 nitrogen and oxygen atoms in total. The summed E-state index contributed by atoms with van der Waals surface area (Å²) in [7, 11) is 0. The van der Waals surface area contributed by atoms with Gasteiger partial charge >= 0.3 is 11.9 Å². The minimum absolute atomic E-state index is 0.0674. The Bertz CT molecular complexity index is 1800. The van der Waals surface area contributed by atoms with Gasteiger partial charge in [0.15, 0.2) is 6.10 Å². The van der Waals surface area contributed by atoms with Crippen LogP contribution in [0, 0.1) is 0 Å². The van der Waals surface area contributed by atoms with Crippen molar-refractivity contribution in [3.05, 3.63) is 134 Å². The van der Waals surface area contributed by atoms with Gasteiger partial charge in [-0.2, -0.15) is 0 Å². The van der Waals surface area contributed by atoms with Gasteiger partial charge in [-0.25, -0.2) is 0 Å². The zero-order chi connectivity index (χ0) is 64.7. The Morgan fingerprint density at radius 2 is 0.478 bits per heavy atom. The van der Waals surface area contributed by atoms with Gasteiger partial charge in [-0.3, -0.25) is 9.59 Å². The number of carbonyl (C=O) groups is 2. The first kappa shape index (κ1) is 86.0. The maximum absolute atomic E-state index is 12.4. The smallest absolute Gasteiger partial charge is 0.306 e. The molecule has 0 amide bonds. The Morgan fingerprint density at radius 1 is 0.267 bits per heavy atom. The molecule has 0 aliphatic heterocycles. The summed E-state index contributed by atoms with van der Waals surface area (Å²) in [5, 5.41) is 9.73. The van der Waals surface area contributed by atoms with Crippen molar-refractivity contribution in [2.75, 3.05) is 13.2 Å². The monoisotopic (exact) mass is 1250 g/mol. The van der Waals surface area contributed by atoms with Gasteiger partial charge in [-0.15, -0.1) is 0 Å². The molecule has 0 aromatic rings. The van der Waals surface area contributed by atoms with Crippen molar-refractivity contribution < 1.29 is 24.2 Å². The molecule has 0 bridgehead atoms. The Hall–Kier alpha value is -3.96. The van der Waals surface area contributed by atoms with E-state index in [2.05, 4.69) is 148 Å². The molecule has 0 aromatic heterocycles. The molecule has 0 saturated heterocycles. The second-order valence-corrected chi connectivity index (χ2v) is 25.7. The highest BCUT2D eigenvalue weighted by molar-refractivity contribution is 5.70. The molecule has 516 valence electrons. The van der Waals surface area contributed by atoms with Crippen LogP contribution in [0.4, 0.5) is 0 Å². The third-order valence-corrected chi connectivity index (χ3v) is 16.9. The molecular formula is C85H146O5. The molecule has 0 spiro atoms. The lowest BCUT2D eigenvalue weighted by molar-refractivity contribution is -0.161. The molecule has 5 heteroatoms. The van der Waals surface area contributed by atoms with Gasteiger partial charge in [0.25, 0.3) is 0 Å². The first-order valence-corrected chi connectivity index (χ1v) is 38.7. The van der Waals surface area contributed by atoms with Crippen molar-refractivity contribution in [3.63, 3.8) is 0 Å². The first-order chi connectivity index (χ1) is 44.6. The number of allylic oxidation sites excluding steroid dienone is 22. The summed E-state index contributed by atoms with van der Waals surface area (Å²) in [5.41, 5.74) is 0. The van der Waals surface area contributed by atoms with E-state index in [-0.39, 0.29) is 25.2 Å².